The number of amides is 7. The molecule has 0 saturated carbocycles. The van der Waals surface area contributed by atoms with Crippen molar-refractivity contribution in [2.24, 2.45) is 17.4 Å². The van der Waals surface area contributed by atoms with Crippen LogP contribution in [0.25, 0.3) is 0 Å². The quantitative estimate of drug-likeness (QED) is 0.0624. The number of aliphatic carboxylic acids is 1. The Balaban J connectivity index is 2.31. The molecule has 19 heteroatoms. The number of carboxylic acids is 1. The number of rotatable bonds is 20. The number of aromatic hydroxyl groups is 1. The number of nitrogens with zero attached hydrogens (tertiary/aromatic N) is 1. The molecule has 12 N–H and O–H groups in total. The van der Waals surface area contributed by atoms with Crippen LogP contribution in [0.4, 0.5) is 0 Å². The summed E-state index contributed by atoms with van der Waals surface area (Å²) < 4.78 is 0. The molecule has 0 spiro atoms. The van der Waals surface area contributed by atoms with Crippen molar-refractivity contribution in [3.8, 4) is 5.75 Å². The summed E-state index contributed by atoms with van der Waals surface area (Å²) in [6.07, 6.45) is -0.846. The van der Waals surface area contributed by atoms with E-state index in [1.165, 1.54) is 37.0 Å². The summed E-state index contributed by atoms with van der Waals surface area (Å²) in [7, 11) is 0. The minimum Gasteiger partial charge on any atom is -0.508 e. The summed E-state index contributed by atoms with van der Waals surface area (Å²) in [6, 6.07) is -3.02. The number of carbonyl (C=O) groups excluding carboxylic acids is 7. The van der Waals surface area contributed by atoms with Crippen molar-refractivity contribution in [2.75, 3.05) is 6.54 Å². The number of phenolic OH excluding ortho intramolecular Hbond substituents is 1. The van der Waals surface area contributed by atoms with E-state index in [1.54, 1.807) is 39.8 Å². The summed E-state index contributed by atoms with van der Waals surface area (Å²) >= 11 is 0. The molecule has 8 atom stereocenters. The van der Waals surface area contributed by atoms with Gasteiger partial charge in [-0.2, -0.15) is 0 Å². The number of nitrogens with one attached hydrogen (secondary N) is 5. The Morgan fingerprint density at radius 2 is 1.44 bits per heavy atom. The molecule has 0 aliphatic carbocycles. The first-order valence-electron chi connectivity index (χ1n) is 17.8. The van der Waals surface area contributed by atoms with Crippen LogP contribution in [0, 0.1) is 5.92 Å². The van der Waals surface area contributed by atoms with Gasteiger partial charge in [-0.05, 0) is 64.2 Å². The Bertz CT molecular complexity index is 1610. The van der Waals surface area contributed by atoms with E-state index in [4.69, 9.17) is 11.5 Å². The zero-order valence-corrected chi connectivity index (χ0v) is 31.8. The van der Waals surface area contributed by atoms with Gasteiger partial charge in [-0.15, -0.1) is 0 Å². The Morgan fingerprint density at radius 3 is 1.93 bits per heavy atom. The van der Waals surface area contributed by atoms with Gasteiger partial charge < -0.3 is 58.3 Å². The first kappa shape index (κ1) is 45.6. The number of hydrogen-bond acceptors (Lipinski definition) is 11. The van der Waals surface area contributed by atoms with Crippen LogP contribution in [0.5, 0.6) is 5.75 Å². The van der Waals surface area contributed by atoms with Crippen molar-refractivity contribution in [1.82, 2.24) is 31.5 Å². The van der Waals surface area contributed by atoms with Crippen molar-refractivity contribution in [3.05, 3.63) is 41.5 Å². The normalized spacial score (nSPS) is 17.7. The van der Waals surface area contributed by atoms with Crippen molar-refractivity contribution < 1.29 is 53.7 Å². The second kappa shape index (κ2) is 20.8. The molecular weight excluding hydrogens is 720 g/mol. The van der Waals surface area contributed by atoms with Gasteiger partial charge in [-0.1, -0.05) is 37.6 Å². The highest BCUT2D eigenvalue weighted by atomic mass is 16.4. The molecule has 0 radical (unpaired) electrons. The predicted molar refractivity (Wildman–Crippen MR) is 197 cm³/mol. The van der Waals surface area contributed by atoms with E-state index in [-0.39, 0.29) is 25.1 Å². The van der Waals surface area contributed by atoms with Gasteiger partial charge in [0.15, 0.2) is 0 Å². The maximum Gasteiger partial charge on any atom is 0.303 e. The number of nitrogens with two attached hydrogens (primary N) is 2. The Morgan fingerprint density at radius 1 is 0.855 bits per heavy atom. The lowest BCUT2D eigenvalue weighted by Crippen LogP contribution is -2.62. The van der Waals surface area contributed by atoms with Crippen LogP contribution >= 0.6 is 0 Å². The number of aliphatic hydroxyl groups is 1. The number of aliphatic hydroxyl groups excluding tert-OH is 1. The molecule has 19 nitrogen and oxygen atoms in total. The minimum absolute atomic E-state index is 0.0144. The average Bonchev–Trinajstić information content (AvgIpc) is 3.42. The van der Waals surface area contributed by atoms with Crippen LogP contribution < -0.4 is 38.1 Å². The summed E-state index contributed by atoms with van der Waals surface area (Å²) in [5, 5.41) is 41.9. The van der Waals surface area contributed by atoms with Crippen LogP contribution in [-0.2, 0) is 44.8 Å². The van der Waals surface area contributed by atoms with Crippen molar-refractivity contribution in [1.29, 1.82) is 0 Å². The van der Waals surface area contributed by atoms with E-state index in [9.17, 15) is 53.7 Å². The van der Waals surface area contributed by atoms with Gasteiger partial charge in [0.2, 0.25) is 41.4 Å². The Labute approximate surface area is 319 Å². The standard InChI is InChI=1S/C36H54N8O11/c1-17(2)15-25(32(51)39-19(5)30(38)49)41-31(50)24(11-12-27(47)48)40-34(53)28(18(3)4)42-35(54)29(20(6)45)43-33(52)26(44-14-13-23(37)36(44)55)16-21-7-9-22(46)10-8-21/h7-10,15,18-20,23-26,28-29,45-46H,11-14,16,37H2,1-6H3,(H2,38,49)(H,39,51)(H,40,53)(H,41,50)(H,42,54)(H,43,52)(H,47,48)/t19-,20-,23-,24-,25-,26-,28-,29-/m1/s1. The molecule has 7 amide bonds. The fraction of sp³-hybridized carbons (Fsp3) is 0.556. The third-order valence-electron chi connectivity index (χ3n) is 8.78. The molecule has 2 rings (SSSR count). The zero-order chi connectivity index (χ0) is 41.7. The maximum atomic E-state index is 13.8. The van der Waals surface area contributed by atoms with E-state index >= 15 is 0 Å². The van der Waals surface area contributed by atoms with Gasteiger partial charge in [-0.3, -0.25) is 38.4 Å². The number of likely N-dealkylation sites (tertiary alicyclic amines) is 1. The molecular formula is C36H54N8O11. The topological polar surface area (TPSA) is 313 Å². The van der Waals surface area contributed by atoms with Crippen LogP contribution in [0.3, 0.4) is 0 Å². The molecule has 1 aliphatic heterocycles. The lowest BCUT2D eigenvalue weighted by Gasteiger charge is -2.31. The van der Waals surface area contributed by atoms with Crippen molar-refractivity contribution in [2.45, 2.75) is 116 Å². The number of benzene rings is 1. The Kier molecular flexibility index (Phi) is 17.2. The fourth-order valence-corrected chi connectivity index (χ4v) is 5.61. The van der Waals surface area contributed by atoms with Crippen LogP contribution in [0.15, 0.2) is 35.9 Å². The highest BCUT2D eigenvalue weighted by molar-refractivity contribution is 5.98. The van der Waals surface area contributed by atoms with Gasteiger partial charge in [0.1, 0.15) is 42.0 Å². The van der Waals surface area contributed by atoms with E-state index in [2.05, 4.69) is 26.6 Å². The van der Waals surface area contributed by atoms with Crippen LogP contribution in [-0.4, -0.2) is 122 Å². The first-order chi connectivity index (χ1) is 25.6. The molecule has 304 valence electrons. The smallest absolute Gasteiger partial charge is 0.303 e. The average molecular weight is 775 g/mol. The lowest BCUT2D eigenvalue weighted by atomic mass is 10.00. The molecule has 0 aromatic heterocycles. The first-order valence-corrected chi connectivity index (χ1v) is 17.8. The van der Waals surface area contributed by atoms with E-state index in [0.29, 0.717) is 11.1 Å². The van der Waals surface area contributed by atoms with E-state index in [0.717, 1.165) is 0 Å². The highest BCUT2D eigenvalue weighted by Crippen LogP contribution is 2.19. The van der Waals surface area contributed by atoms with E-state index < -0.39 is 114 Å². The summed E-state index contributed by atoms with van der Waals surface area (Å²) in [5.41, 5.74) is 12.3. The van der Waals surface area contributed by atoms with Gasteiger partial charge in [0.25, 0.3) is 0 Å². The molecule has 1 aromatic carbocycles. The summed E-state index contributed by atoms with van der Waals surface area (Å²) in [6.45, 7) is 9.14. The second-order valence-corrected chi connectivity index (χ2v) is 14.1. The molecule has 0 unspecified atom stereocenters. The summed E-state index contributed by atoms with van der Waals surface area (Å²) in [5.74, 6) is -7.72. The number of hydrogen-bond donors (Lipinski definition) is 10. The van der Waals surface area contributed by atoms with Gasteiger partial charge in [-0.25, -0.2) is 0 Å². The number of primary amides is 1. The van der Waals surface area contributed by atoms with Gasteiger partial charge in [0.05, 0.1) is 12.1 Å². The molecule has 0 bridgehead atoms. The number of carbonyl (C=O) groups is 8. The van der Waals surface area contributed by atoms with Gasteiger partial charge in [0, 0.05) is 19.4 Å². The minimum atomic E-state index is -1.63. The second-order valence-electron chi connectivity index (χ2n) is 14.1. The largest absolute Gasteiger partial charge is 0.508 e. The van der Waals surface area contributed by atoms with Crippen LogP contribution in [0.2, 0.25) is 0 Å². The maximum absolute atomic E-state index is 13.8. The van der Waals surface area contributed by atoms with Crippen molar-refractivity contribution >= 4 is 47.3 Å². The molecule has 1 heterocycles. The molecule has 1 fully saturated rings. The third kappa shape index (κ3) is 14.0. The Hall–Kier alpha value is -5.56. The molecule has 1 saturated heterocycles. The number of allylic oxidation sites excluding steroid dienone is 1. The van der Waals surface area contributed by atoms with Crippen LogP contribution in [0.1, 0.15) is 66.4 Å². The van der Waals surface area contributed by atoms with Crippen molar-refractivity contribution in [3.63, 3.8) is 0 Å². The molecule has 55 heavy (non-hydrogen) atoms. The third-order valence-corrected chi connectivity index (χ3v) is 8.78. The molecule has 1 aliphatic rings. The monoisotopic (exact) mass is 774 g/mol. The van der Waals surface area contributed by atoms with Gasteiger partial charge >= 0.3 is 5.97 Å². The highest BCUT2D eigenvalue weighted by Gasteiger charge is 2.40. The number of carboxylic acid groups (broad SMARTS) is 1. The SMILES string of the molecule is CC(C)=C[C@@H](NC(=O)[C@@H](CCC(=O)O)NC(=O)[C@H](NC(=O)[C@H](NC(=O)[C@@H](Cc1ccc(O)cc1)N1CC[C@@H](N)C1=O)[C@@H](C)O)C(C)C)C(=O)N[C@H](C)C(N)=O. The fourth-order valence-electron chi connectivity index (χ4n) is 5.61. The predicted octanol–water partition coefficient (Wildman–Crippen LogP) is -2.34. The lowest BCUT2D eigenvalue weighted by molar-refractivity contribution is -0.141. The summed E-state index contributed by atoms with van der Waals surface area (Å²) in [4.78, 5) is 105. The number of phenols is 1. The molecule has 1 aromatic rings. The zero-order valence-electron chi connectivity index (χ0n) is 31.8. The van der Waals surface area contributed by atoms with E-state index in [1.807, 2.05) is 0 Å².